The molecular formula is C16H25NO3. The molecule has 0 radical (unpaired) electrons. The number of hydrogen-bond donors (Lipinski definition) is 1. The van der Waals surface area contributed by atoms with Crippen LogP contribution in [0.25, 0.3) is 0 Å². The lowest BCUT2D eigenvalue weighted by molar-refractivity contribution is -0.155. The van der Waals surface area contributed by atoms with Crippen LogP contribution in [0.15, 0.2) is 4.99 Å². The van der Waals surface area contributed by atoms with Gasteiger partial charge >= 0.3 is 5.97 Å². The van der Waals surface area contributed by atoms with Crippen molar-refractivity contribution in [2.24, 2.45) is 27.7 Å². The smallest absolute Gasteiger partial charge is 0.334 e. The molecule has 0 aromatic rings. The van der Waals surface area contributed by atoms with Gasteiger partial charge in [0.15, 0.2) is 6.04 Å². The molecule has 2 fully saturated rings. The van der Waals surface area contributed by atoms with Crippen molar-refractivity contribution < 1.29 is 14.6 Å². The van der Waals surface area contributed by atoms with E-state index in [0.29, 0.717) is 5.92 Å². The highest BCUT2D eigenvalue weighted by atomic mass is 16.5. The molecule has 1 N–H and O–H groups in total. The summed E-state index contributed by atoms with van der Waals surface area (Å²) in [5.41, 5.74) is 1.12. The molecule has 0 aromatic heterocycles. The molecule has 2 aliphatic carbocycles. The van der Waals surface area contributed by atoms with Gasteiger partial charge in [-0.15, -0.1) is 0 Å². The molecule has 3 rings (SSSR count). The van der Waals surface area contributed by atoms with Gasteiger partial charge in [0.2, 0.25) is 0 Å². The fourth-order valence-electron chi connectivity index (χ4n) is 4.36. The van der Waals surface area contributed by atoms with Crippen molar-refractivity contribution in [2.75, 3.05) is 0 Å². The van der Waals surface area contributed by atoms with Gasteiger partial charge in [-0.1, -0.05) is 34.6 Å². The molecule has 4 heteroatoms. The highest BCUT2D eigenvalue weighted by molar-refractivity contribution is 6.03. The summed E-state index contributed by atoms with van der Waals surface area (Å²) in [5, 5.41) is 10.2. The van der Waals surface area contributed by atoms with Crippen LogP contribution in [0.3, 0.4) is 0 Å². The molecule has 0 saturated heterocycles. The average molecular weight is 279 g/mol. The zero-order chi connectivity index (χ0) is 14.9. The van der Waals surface area contributed by atoms with Crippen molar-refractivity contribution >= 4 is 11.7 Å². The third kappa shape index (κ3) is 1.51. The van der Waals surface area contributed by atoms with Crippen molar-refractivity contribution in [3.05, 3.63) is 0 Å². The lowest BCUT2D eigenvalue weighted by Crippen LogP contribution is -2.49. The van der Waals surface area contributed by atoms with E-state index in [1.807, 2.05) is 13.8 Å². The van der Waals surface area contributed by atoms with Gasteiger partial charge in [0.1, 0.15) is 6.10 Å². The second kappa shape index (κ2) is 4.06. The van der Waals surface area contributed by atoms with E-state index in [1.165, 1.54) is 0 Å². The van der Waals surface area contributed by atoms with Crippen LogP contribution in [0.4, 0.5) is 0 Å². The van der Waals surface area contributed by atoms with Gasteiger partial charge in [-0.05, 0) is 24.2 Å². The molecule has 1 aliphatic heterocycles. The highest BCUT2D eigenvalue weighted by Crippen LogP contribution is 2.65. The third-order valence-corrected chi connectivity index (χ3v) is 6.27. The Kier molecular flexibility index (Phi) is 2.85. The molecule has 1 heterocycles. The summed E-state index contributed by atoms with van der Waals surface area (Å²) in [4.78, 5) is 16.9. The standard InChI is InChI=1S/C16H25NO3/c1-8(2)11(18)10-14(19)20-12-9-6-7-16(5,13(12)17-10)15(9,3)4/h8-12,18H,6-7H2,1-5H3/t9-,10+,11+,12-,16+/m1/s1. The fourth-order valence-corrected chi connectivity index (χ4v) is 4.36. The SMILES string of the molecule is CC(C)[C@H](O)[C@@H]1N=C2[C@H](OC1=O)[C@H]1CC[C@]2(C)C1(C)C. The summed E-state index contributed by atoms with van der Waals surface area (Å²) in [6.45, 7) is 10.6. The van der Waals surface area contributed by atoms with Crippen molar-refractivity contribution in [1.82, 2.24) is 0 Å². The minimum Gasteiger partial charge on any atom is -0.454 e. The van der Waals surface area contributed by atoms with Gasteiger partial charge in [0.05, 0.1) is 11.8 Å². The van der Waals surface area contributed by atoms with E-state index in [1.54, 1.807) is 0 Å². The summed E-state index contributed by atoms with van der Waals surface area (Å²) in [6.07, 6.45) is 1.27. The second-order valence-electron chi connectivity index (χ2n) is 7.75. The molecule has 3 aliphatic rings. The number of rotatable bonds is 2. The van der Waals surface area contributed by atoms with E-state index in [4.69, 9.17) is 4.74 Å². The molecule has 20 heavy (non-hydrogen) atoms. The van der Waals surface area contributed by atoms with Crippen molar-refractivity contribution in [3.63, 3.8) is 0 Å². The molecule has 0 aromatic carbocycles. The van der Waals surface area contributed by atoms with Gasteiger partial charge in [-0.25, -0.2) is 4.79 Å². The van der Waals surface area contributed by atoms with Crippen LogP contribution in [0.2, 0.25) is 0 Å². The molecule has 0 spiro atoms. The predicted molar refractivity (Wildman–Crippen MR) is 76.6 cm³/mol. The van der Waals surface area contributed by atoms with E-state index in [9.17, 15) is 9.90 Å². The van der Waals surface area contributed by atoms with Crippen LogP contribution in [-0.2, 0) is 9.53 Å². The Morgan fingerprint density at radius 3 is 2.60 bits per heavy atom. The van der Waals surface area contributed by atoms with E-state index in [-0.39, 0.29) is 28.8 Å². The van der Waals surface area contributed by atoms with E-state index < -0.39 is 12.1 Å². The summed E-state index contributed by atoms with van der Waals surface area (Å²) >= 11 is 0. The number of ether oxygens (including phenoxy) is 1. The minimum atomic E-state index is -0.762. The monoisotopic (exact) mass is 279 g/mol. The topological polar surface area (TPSA) is 58.9 Å². The second-order valence-corrected chi connectivity index (χ2v) is 7.75. The first-order chi connectivity index (χ1) is 9.20. The number of nitrogens with zero attached hydrogens (tertiary/aromatic N) is 1. The van der Waals surface area contributed by atoms with Gasteiger partial charge in [0, 0.05) is 11.3 Å². The average Bonchev–Trinajstić information content (AvgIpc) is 2.68. The number of hydrogen-bond acceptors (Lipinski definition) is 4. The van der Waals surface area contributed by atoms with Crippen LogP contribution in [0, 0.1) is 22.7 Å². The van der Waals surface area contributed by atoms with Crippen molar-refractivity contribution in [3.8, 4) is 0 Å². The summed E-state index contributed by atoms with van der Waals surface area (Å²) in [7, 11) is 0. The largest absolute Gasteiger partial charge is 0.454 e. The number of aliphatic hydroxyl groups is 1. The first-order valence-electron chi connectivity index (χ1n) is 7.67. The maximum atomic E-state index is 12.2. The molecule has 2 saturated carbocycles. The molecule has 4 nitrogen and oxygen atoms in total. The lowest BCUT2D eigenvalue weighted by atomic mass is 9.70. The number of carbonyl (C=O) groups is 1. The Morgan fingerprint density at radius 2 is 2.00 bits per heavy atom. The van der Waals surface area contributed by atoms with Gasteiger partial charge < -0.3 is 9.84 Å². The fraction of sp³-hybridized carbons (Fsp3) is 0.875. The predicted octanol–water partition coefficient (Wildman–Crippen LogP) is 2.19. The molecule has 5 atom stereocenters. The molecule has 0 unspecified atom stereocenters. The van der Waals surface area contributed by atoms with Crippen LogP contribution in [0.1, 0.15) is 47.5 Å². The highest BCUT2D eigenvalue weighted by Gasteiger charge is 2.67. The first-order valence-corrected chi connectivity index (χ1v) is 7.67. The molecule has 112 valence electrons. The molecular weight excluding hydrogens is 254 g/mol. The Bertz CT molecular complexity index is 482. The van der Waals surface area contributed by atoms with Gasteiger partial charge in [-0.2, -0.15) is 0 Å². The summed E-state index contributed by atoms with van der Waals surface area (Å²) < 4.78 is 5.70. The van der Waals surface area contributed by atoms with Crippen LogP contribution >= 0.6 is 0 Å². The Hall–Kier alpha value is -0.900. The van der Waals surface area contributed by atoms with Gasteiger partial charge in [-0.3, -0.25) is 4.99 Å². The van der Waals surface area contributed by atoms with Crippen LogP contribution in [0.5, 0.6) is 0 Å². The number of carbonyl (C=O) groups excluding carboxylic acids is 1. The molecule has 2 bridgehead atoms. The maximum Gasteiger partial charge on any atom is 0.334 e. The third-order valence-electron chi connectivity index (χ3n) is 6.27. The normalized spacial score (nSPS) is 43.2. The maximum absolute atomic E-state index is 12.2. The number of fused-ring (bicyclic) bond motifs is 5. The number of aliphatic imine (C=N–C) groups is 1. The van der Waals surface area contributed by atoms with Crippen LogP contribution in [-0.4, -0.2) is 35.0 Å². The van der Waals surface area contributed by atoms with E-state index in [0.717, 1.165) is 18.6 Å². The number of esters is 1. The van der Waals surface area contributed by atoms with E-state index in [2.05, 4.69) is 25.8 Å². The van der Waals surface area contributed by atoms with Gasteiger partial charge in [0.25, 0.3) is 0 Å². The van der Waals surface area contributed by atoms with Crippen molar-refractivity contribution in [1.29, 1.82) is 0 Å². The summed E-state index contributed by atoms with van der Waals surface area (Å²) in [6, 6.07) is -0.742. The van der Waals surface area contributed by atoms with E-state index >= 15 is 0 Å². The lowest BCUT2D eigenvalue weighted by Gasteiger charge is -2.37. The first kappa shape index (κ1) is 14.1. The zero-order valence-corrected chi connectivity index (χ0v) is 13.0. The summed E-state index contributed by atoms with van der Waals surface area (Å²) in [5.74, 6) is 0.00657. The Balaban J connectivity index is 2.02. The number of aliphatic hydroxyl groups excluding tert-OH is 1. The quantitative estimate of drug-likeness (QED) is 0.788. The Labute approximate surface area is 120 Å². The van der Waals surface area contributed by atoms with Crippen molar-refractivity contribution in [2.45, 2.75) is 65.7 Å². The zero-order valence-electron chi connectivity index (χ0n) is 13.0. The molecule has 0 amide bonds. The van der Waals surface area contributed by atoms with Crippen LogP contribution < -0.4 is 0 Å². The Morgan fingerprint density at radius 1 is 1.35 bits per heavy atom. The minimum absolute atomic E-state index is 0.00200.